The van der Waals surface area contributed by atoms with E-state index in [1.54, 1.807) is 37.2 Å². The van der Waals surface area contributed by atoms with Crippen LogP contribution in [0.4, 0.5) is 5.82 Å². The second-order valence-corrected chi connectivity index (χ2v) is 5.68. The van der Waals surface area contributed by atoms with Crippen molar-refractivity contribution in [2.75, 3.05) is 11.9 Å². The van der Waals surface area contributed by atoms with Gasteiger partial charge in [-0.2, -0.15) is 0 Å². The maximum atomic E-state index is 12.5. The molecule has 0 radical (unpaired) electrons. The van der Waals surface area contributed by atoms with Crippen molar-refractivity contribution in [3.05, 3.63) is 59.8 Å². The number of ketones is 1. The van der Waals surface area contributed by atoms with Gasteiger partial charge in [-0.15, -0.1) is 0 Å². The molecule has 0 saturated carbocycles. The number of rotatable bonds is 3. The number of benzene rings is 1. The van der Waals surface area contributed by atoms with Crippen molar-refractivity contribution in [2.45, 2.75) is 19.6 Å². The SMILES string of the molecule is CC1C(=O)c2cccnc2N(C)C1C(=O)OCc1ccccc1. The summed E-state index contributed by atoms with van der Waals surface area (Å²) in [6.45, 7) is 1.95. The molecule has 2 heterocycles. The predicted molar refractivity (Wildman–Crippen MR) is 86.2 cm³/mol. The smallest absolute Gasteiger partial charge is 0.329 e. The molecule has 5 heteroatoms. The van der Waals surface area contributed by atoms with Crippen molar-refractivity contribution in [3.63, 3.8) is 0 Å². The summed E-state index contributed by atoms with van der Waals surface area (Å²) in [4.78, 5) is 30.9. The van der Waals surface area contributed by atoms with Gasteiger partial charge in [0.15, 0.2) is 5.78 Å². The lowest BCUT2D eigenvalue weighted by Gasteiger charge is -2.36. The van der Waals surface area contributed by atoms with Gasteiger partial charge >= 0.3 is 5.97 Å². The first-order valence-electron chi connectivity index (χ1n) is 7.52. The van der Waals surface area contributed by atoms with E-state index in [-0.39, 0.29) is 12.4 Å². The molecule has 1 aromatic carbocycles. The first-order chi connectivity index (χ1) is 11.1. The molecule has 5 nitrogen and oxygen atoms in total. The Bertz CT molecular complexity index is 730. The number of nitrogens with zero attached hydrogens (tertiary/aromatic N) is 2. The standard InChI is InChI=1S/C18H18N2O3/c1-12-15(18(22)23-11-13-7-4-3-5-8-13)20(2)17-14(16(12)21)9-6-10-19-17/h3-10,12,15H,11H2,1-2H3. The Hall–Kier alpha value is -2.69. The third-order valence-corrected chi connectivity index (χ3v) is 4.16. The molecule has 118 valence electrons. The highest BCUT2D eigenvalue weighted by atomic mass is 16.5. The van der Waals surface area contributed by atoms with Gasteiger partial charge in [-0.25, -0.2) is 9.78 Å². The van der Waals surface area contributed by atoms with E-state index < -0.39 is 17.9 Å². The quantitative estimate of drug-likeness (QED) is 0.815. The van der Waals surface area contributed by atoms with E-state index in [1.165, 1.54) is 0 Å². The van der Waals surface area contributed by atoms with Crippen molar-refractivity contribution in [1.82, 2.24) is 4.98 Å². The van der Waals surface area contributed by atoms with Crippen LogP contribution in [0.3, 0.4) is 0 Å². The van der Waals surface area contributed by atoms with Crippen LogP contribution in [0.25, 0.3) is 0 Å². The number of hydrogen-bond acceptors (Lipinski definition) is 5. The maximum Gasteiger partial charge on any atom is 0.329 e. The Balaban J connectivity index is 1.79. The summed E-state index contributed by atoms with van der Waals surface area (Å²) in [7, 11) is 1.77. The minimum absolute atomic E-state index is 0.0761. The van der Waals surface area contributed by atoms with Crippen molar-refractivity contribution >= 4 is 17.6 Å². The molecule has 0 N–H and O–H groups in total. The third-order valence-electron chi connectivity index (χ3n) is 4.16. The monoisotopic (exact) mass is 310 g/mol. The van der Waals surface area contributed by atoms with Crippen molar-refractivity contribution in [3.8, 4) is 0 Å². The number of pyridine rings is 1. The first-order valence-corrected chi connectivity index (χ1v) is 7.52. The number of anilines is 1. The lowest BCUT2D eigenvalue weighted by Crippen LogP contribution is -2.51. The van der Waals surface area contributed by atoms with Crippen LogP contribution >= 0.6 is 0 Å². The third kappa shape index (κ3) is 2.82. The first kappa shape index (κ1) is 15.2. The Labute approximate surface area is 134 Å². The number of aromatic nitrogens is 1. The number of carbonyl (C=O) groups excluding carboxylic acids is 2. The fraction of sp³-hybridized carbons (Fsp3) is 0.278. The van der Waals surface area contributed by atoms with Gasteiger partial charge in [-0.05, 0) is 17.7 Å². The molecule has 0 aliphatic carbocycles. The minimum Gasteiger partial charge on any atom is -0.459 e. The highest BCUT2D eigenvalue weighted by Gasteiger charge is 2.41. The van der Waals surface area contributed by atoms with E-state index in [9.17, 15) is 9.59 Å². The molecule has 1 aliphatic rings. The average Bonchev–Trinajstić information content (AvgIpc) is 2.59. The Morgan fingerprint density at radius 2 is 1.96 bits per heavy atom. The van der Waals surface area contributed by atoms with Crippen LogP contribution < -0.4 is 4.90 Å². The molecule has 0 spiro atoms. The lowest BCUT2D eigenvalue weighted by atomic mass is 9.87. The zero-order valence-corrected chi connectivity index (χ0v) is 13.1. The summed E-state index contributed by atoms with van der Waals surface area (Å²) >= 11 is 0. The summed E-state index contributed by atoms with van der Waals surface area (Å²) < 4.78 is 5.41. The molecular formula is C18H18N2O3. The van der Waals surface area contributed by atoms with Gasteiger partial charge < -0.3 is 9.64 Å². The number of likely N-dealkylation sites (N-methyl/N-ethyl adjacent to an activating group) is 1. The molecule has 0 bridgehead atoms. The molecule has 0 fully saturated rings. The molecule has 0 saturated heterocycles. The van der Waals surface area contributed by atoms with Crippen LogP contribution in [0, 0.1) is 5.92 Å². The Morgan fingerprint density at radius 1 is 1.22 bits per heavy atom. The van der Waals surface area contributed by atoms with Gasteiger partial charge in [-0.3, -0.25) is 4.79 Å². The molecule has 2 atom stereocenters. The van der Waals surface area contributed by atoms with E-state index in [0.29, 0.717) is 11.4 Å². The van der Waals surface area contributed by atoms with Crippen LogP contribution in [-0.4, -0.2) is 29.8 Å². The predicted octanol–water partition coefficient (Wildman–Crippen LogP) is 2.46. The van der Waals surface area contributed by atoms with Crippen molar-refractivity contribution in [1.29, 1.82) is 0 Å². The number of Topliss-reactive ketones (excluding diaryl/α,β-unsaturated/α-hetero) is 1. The fourth-order valence-corrected chi connectivity index (χ4v) is 2.90. The van der Waals surface area contributed by atoms with E-state index in [4.69, 9.17) is 4.74 Å². The lowest BCUT2D eigenvalue weighted by molar-refractivity contribution is -0.147. The summed E-state index contributed by atoms with van der Waals surface area (Å²) in [6, 6.07) is 12.3. The maximum absolute atomic E-state index is 12.5. The van der Waals surface area contributed by atoms with Crippen LogP contribution in [0.15, 0.2) is 48.7 Å². The topological polar surface area (TPSA) is 59.5 Å². The van der Waals surface area contributed by atoms with Gasteiger partial charge in [0.1, 0.15) is 18.5 Å². The second-order valence-electron chi connectivity index (χ2n) is 5.68. The zero-order valence-electron chi connectivity index (χ0n) is 13.1. The van der Waals surface area contributed by atoms with E-state index in [1.807, 2.05) is 30.3 Å². The molecule has 3 rings (SSSR count). The molecule has 2 unspecified atom stereocenters. The number of ether oxygens (including phenoxy) is 1. The van der Waals surface area contributed by atoms with E-state index in [2.05, 4.69) is 4.98 Å². The van der Waals surface area contributed by atoms with Crippen LogP contribution in [0.1, 0.15) is 22.8 Å². The van der Waals surface area contributed by atoms with Crippen LogP contribution in [-0.2, 0) is 16.1 Å². The number of fused-ring (bicyclic) bond motifs is 1. The van der Waals surface area contributed by atoms with Gasteiger partial charge in [-0.1, -0.05) is 37.3 Å². The molecule has 1 aliphatic heterocycles. The van der Waals surface area contributed by atoms with Crippen molar-refractivity contribution in [2.24, 2.45) is 5.92 Å². The summed E-state index contributed by atoms with van der Waals surface area (Å²) in [6.07, 6.45) is 1.62. The Morgan fingerprint density at radius 3 is 2.70 bits per heavy atom. The summed E-state index contributed by atoms with van der Waals surface area (Å²) in [5.74, 6) is -0.432. The Kier molecular flexibility index (Phi) is 4.10. The van der Waals surface area contributed by atoms with Gasteiger partial charge in [0.05, 0.1) is 11.5 Å². The van der Waals surface area contributed by atoms with Crippen LogP contribution in [0.2, 0.25) is 0 Å². The minimum atomic E-state index is -0.659. The normalized spacial score (nSPS) is 20.1. The van der Waals surface area contributed by atoms with Gasteiger partial charge in [0, 0.05) is 13.2 Å². The van der Waals surface area contributed by atoms with E-state index in [0.717, 1.165) is 5.56 Å². The van der Waals surface area contributed by atoms with E-state index >= 15 is 0 Å². The summed E-state index contributed by atoms with van der Waals surface area (Å²) in [5.41, 5.74) is 1.46. The highest BCUT2D eigenvalue weighted by molar-refractivity contribution is 6.07. The highest BCUT2D eigenvalue weighted by Crippen LogP contribution is 2.31. The van der Waals surface area contributed by atoms with Gasteiger partial charge in [0.2, 0.25) is 0 Å². The number of esters is 1. The van der Waals surface area contributed by atoms with Gasteiger partial charge in [0.25, 0.3) is 0 Å². The largest absolute Gasteiger partial charge is 0.459 e. The number of carbonyl (C=O) groups is 2. The number of hydrogen-bond donors (Lipinski definition) is 0. The van der Waals surface area contributed by atoms with Crippen molar-refractivity contribution < 1.29 is 14.3 Å². The fourth-order valence-electron chi connectivity index (χ4n) is 2.90. The summed E-state index contributed by atoms with van der Waals surface area (Å²) in [5, 5.41) is 0. The van der Waals surface area contributed by atoms with Crippen LogP contribution in [0.5, 0.6) is 0 Å². The molecule has 1 aromatic heterocycles. The zero-order chi connectivity index (χ0) is 16.4. The molecule has 0 amide bonds. The molecular weight excluding hydrogens is 292 g/mol. The molecule has 2 aromatic rings. The molecule has 23 heavy (non-hydrogen) atoms. The average molecular weight is 310 g/mol. The second kappa shape index (κ2) is 6.20.